The normalized spacial score (nSPS) is 14.7. The number of phosphoric acid groups is 2. The van der Waals surface area contributed by atoms with Crippen molar-refractivity contribution in [3.05, 3.63) is 24.3 Å². The quantitative estimate of drug-likeness (QED) is 0.0169. The van der Waals surface area contributed by atoms with Crippen molar-refractivity contribution >= 4 is 39.5 Å². The number of hydrogen-bond donors (Lipinski definition) is 3. The molecule has 0 aliphatic heterocycles. The molecule has 0 aromatic rings. The molecular weight excluding hydrogens is 1160 g/mol. The highest BCUT2D eigenvalue weighted by atomic mass is 31.2. The van der Waals surface area contributed by atoms with Crippen LogP contribution in [0.1, 0.15) is 318 Å². The van der Waals surface area contributed by atoms with Gasteiger partial charge in [0.25, 0.3) is 0 Å². The Bertz CT molecular complexity index is 1830. The van der Waals surface area contributed by atoms with Gasteiger partial charge in [0.05, 0.1) is 26.4 Å². The zero-order valence-corrected chi connectivity index (χ0v) is 58.5. The molecule has 3 unspecified atom stereocenters. The molecule has 0 aliphatic carbocycles. The Labute approximate surface area is 535 Å². The number of aliphatic hydroxyl groups excluding tert-OH is 1. The molecule has 0 heterocycles. The molecule has 88 heavy (non-hydrogen) atoms. The number of allylic oxidation sites excluding steroid dienone is 4. The lowest BCUT2D eigenvalue weighted by Gasteiger charge is -2.21. The van der Waals surface area contributed by atoms with Crippen LogP contribution in [0.15, 0.2) is 24.3 Å². The third-order valence-electron chi connectivity index (χ3n) is 15.6. The van der Waals surface area contributed by atoms with Crippen molar-refractivity contribution in [3.8, 4) is 0 Å². The van der Waals surface area contributed by atoms with Crippen LogP contribution < -0.4 is 0 Å². The lowest BCUT2D eigenvalue weighted by molar-refractivity contribution is -0.161. The predicted octanol–water partition coefficient (Wildman–Crippen LogP) is 19.0. The molecule has 0 aliphatic rings. The Kier molecular flexibility index (Phi) is 57.9. The predicted molar refractivity (Wildman–Crippen MR) is 354 cm³/mol. The van der Waals surface area contributed by atoms with Gasteiger partial charge in [-0.15, -0.1) is 0 Å². The van der Waals surface area contributed by atoms with E-state index in [1.165, 1.54) is 103 Å². The third kappa shape index (κ3) is 61.1. The second kappa shape index (κ2) is 59.5. The lowest BCUT2D eigenvalue weighted by Crippen LogP contribution is -2.30. The van der Waals surface area contributed by atoms with Crippen molar-refractivity contribution < 1.29 is 80.2 Å². The van der Waals surface area contributed by atoms with E-state index in [1.54, 1.807) is 0 Å². The zero-order chi connectivity index (χ0) is 65.2. The van der Waals surface area contributed by atoms with Crippen LogP contribution >= 0.6 is 15.6 Å². The summed E-state index contributed by atoms with van der Waals surface area (Å²) in [6, 6.07) is 0. The second-order valence-corrected chi connectivity index (χ2v) is 28.3. The van der Waals surface area contributed by atoms with Gasteiger partial charge in [-0.1, -0.05) is 265 Å². The topological polar surface area (TPSA) is 237 Å². The average molecular weight is 1290 g/mol. The minimum absolute atomic E-state index is 0.0948. The summed E-state index contributed by atoms with van der Waals surface area (Å²) in [5.74, 6) is -0.00551. The molecular formula is C69H130O17P2. The molecule has 0 aromatic carbocycles. The number of carbonyl (C=O) groups is 4. The van der Waals surface area contributed by atoms with Crippen molar-refractivity contribution in [2.24, 2.45) is 17.8 Å². The average Bonchev–Trinajstić information content (AvgIpc) is 3.57. The second-order valence-electron chi connectivity index (χ2n) is 25.4. The van der Waals surface area contributed by atoms with Gasteiger partial charge in [-0.2, -0.15) is 0 Å². The molecule has 0 radical (unpaired) electrons. The molecule has 19 heteroatoms. The first-order chi connectivity index (χ1) is 42.3. The number of rotatable bonds is 65. The van der Waals surface area contributed by atoms with Crippen molar-refractivity contribution in [3.63, 3.8) is 0 Å². The van der Waals surface area contributed by atoms with Crippen LogP contribution in [0.2, 0.25) is 0 Å². The summed E-state index contributed by atoms with van der Waals surface area (Å²) >= 11 is 0. The molecule has 0 spiro atoms. The van der Waals surface area contributed by atoms with Gasteiger partial charge in [0, 0.05) is 25.7 Å². The SMILES string of the molecule is CCCCCC/C=C\C=C/CCCCCCCC(=O)OC[C@H](COP(=O)(O)OC[C@@H](O)COP(=O)(O)OC[C@@H](COC(=O)CCCCCCCCC(C)CC)OC(=O)CCCCCCCCCCCCCC(C)C)OC(=O)CCCCCCCCC(C)C. The summed E-state index contributed by atoms with van der Waals surface area (Å²) in [5, 5.41) is 10.6. The maximum atomic E-state index is 13.0. The Morgan fingerprint density at radius 3 is 1.01 bits per heavy atom. The molecule has 0 aromatic heterocycles. The maximum Gasteiger partial charge on any atom is 0.472 e. The van der Waals surface area contributed by atoms with E-state index < -0.39 is 97.5 Å². The van der Waals surface area contributed by atoms with E-state index in [9.17, 15) is 43.2 Å². The van der Waals surface area contributed by atoms with Crippen molar-refractivity contribution in [2.45, 2.75) is 336 Å². The smallest absolute Gasteiger partial charge is 0.462 e. The Morgan fingerprint density at radius 1 is 0.375 bits per heavy atom. The van der Waals surface area contributed by atoms with Crippen molar-refractivity contribution in [2.75, 3.05) is 39.6 Å². The third-order valence-corrected chi connectivity index (χ3v) is 17.5. The number of unbranched alkanes of at least 4 members (excludes halogenated alkanes) is 29. The van der Waals surface area contributed by atoms with Crippen LogP contribution in [0.5, 0.6) is 0 Å². The number of esters is 4. The summed E-state index contributed by atoms with van der Waals surface area (Å²) in [6.07, 6.45) is 45.5. The van der Waals surface area contributed by atoms with E-state index in [2.05, 4.69) is 72.8 Å². The van der Waals surface area contributed by atoms with E-state index in [1.807, 2.05) is 0 Å². The van der Waals surface area contributed by atoms with Gasteiger partial charge in [-0.25, -0.2) is 9.13 Å². The van der Waals surface area contributed by atoms with E-state index in [0.29, 0.717) is 31.6 Å². The van der Waals surface area contributed by atoms with E-state index in [-0.39, 0.29) is 25.7 Å². The first kappa shape index (κ1) is 85.5. The Morgan fingerprint density at radius 2 is 0.670 bits per heavy atom. The van der Waals surface area contributed by atoms with E-state index >= 15 is 0 Å². The minimum Gasteiger partial charge on any atom is -0.462 e. The molecule has 518 valence electrons. The number of ether oxygens (including phenoxy) is 4. The fourth-order valence-electron chi connectivity index (χ4n) is 9.79. The van der Waals surface area contributed by atoms with Gasteiger partial charge < -0.3 is 33.8 Å². The minimum atomic E-state index is -4.96. The van der Waals surface area contributed by atoms with E-state index in [4.69, 9.17) is 37.0 Å². The lowest BCUT2D eigenvalue weighted by atomic mass is 10.00. The number of phosphoric ester groups is 2. The van der Waals surface area contributed by atoms with Gasteiger partial charge in [0.1, 0.15) is 19.3 Å². The number of aliphatic hydroxyl groups is 1. The molecule has 0 bridgehead atoms. The van der Waals surface area contributed by atoms with Crippen LogP contribution in [-0.2, 0) is 65.4 Å². The summed E-state index contributed by atoms with van der Waals surface area (Å²) in [6.45, 7) is 11.6. The molecule has 0 saturated carbocycles. The van der Waals surface area contributed by atoms with Gasteiger partial charge in [-0.3, -0.25) is 37.3 Å². The fourth-order valence-corrected chi connectivity index (χ4v) is 11.4. The molecule has 0 amide bonds. The highest BCUT2D eigenvalue weighted by Crippen LogP contribution is 2.45. The van der Waals surface area contributed by atoms with Crippen molar-refractivity contribution in [1.82, 2.24) is 0 Å². The first-order valence-corrected chi connectivity index (χ1v) is 38.2. The highest BCUT2D eigenvalue weighted by molar-refractivity contribution is 7.47. The highest BCUT2D eigenvalue weighted by Gasteiger charge is 2.30. The molecule has 3 N–H and O–H groups in total. The van der Waals surface area contributed by atoms with E-state index in [0.717, 1.165) is 127 Å². The maximum absolute atomic E-state index is 13.0. The molecule has 0 saturated heterocycles. The summed E-state index contributed by atoms with van der Waals surface area (Å²) in [7, 11) is -9.91. The van der Waals surface area contributed by atoms with Gasteiger partial charge in [-0.05, 0) is 69.1 Å². The molecule has 0 rings (SSSR count). The van der Waals surface area contributed by atoms with Crippen LogP contribution in [0.25, 0.3) is 0 Å². The fraction of sp³-hybridized carbons (Fsp3) is 0.884. The first-order valence-electron chi connectivity index (χ1n) is 35.2. The molecule has 17 nitrogen and oxygen atoms in total. The molecule has 0 fully saturated rings. The Hall–Kier alpha value is -2.46. The largest absolute Gasteiger partial charge is 0.472 e. The summed E-state index contributed by atoms with van der Waals surface area (Å²) < 4.78 is 68.1. The number of hydrogen-bond acceptors (Lipinski definition) is 15. The van der Waals surface area contributed by atoms with Crippen LogP contribution in [0.4, 0.5) is 0 Å². The Balaban J connectivity index is 5.25. The number of carbonyl (C=O) groups excluding carboxylic acids is 4. The van der Waals surface area contributed by atoms with Crippen LogP contribution in [0.3, 0.4) is 0 Å². The van der Waals surface area contributed by atoms with Crippen molar-refractivity contribution in [1.29, 1.82) is 0 Å². The van der Waals surface area contributed by atoms with Crippen LogP contribution in [0, 0.1) is 17.8 Å². The summed E-state index contributed by atoms with van der Waals surface area (Å²) in [5.41, 5.74) is 0. The monoisotopic (exact) mass is 1290 g/mol. The molecule has 6 atom stereocenters. The summed E-state index contributed by atoms with van der Waals surface area (Å²) in [4.78, 5) is 72.4. The van der Waals surface area contributed by atoms with Crippen LogP contribution in [-0.4, -0.2) is 96.7 Å². The van der Waals surface area contributed by atoms with Gasteiger partial charge >= 0.3 is 39.5 Å². The zero-order valence-electron chi connectivity index (χ0n) is 56.7. The van der Waals surface area contributed by atoms with Gasteiger partial charge in [0.2, 0.25) is 0 Å². The standard InChI is InChI=1S/C69H130O17P2/c1-8-10-11-12-13-14-15-16-17-18-21-24-27-36-43-50-66(71)79-56-65(86-69(74)53-46-39-31-29-34-41-48-61(5)6)59-84-88(77,78)82-55-63(70)54-81-87(75,76)83-58-64(57-80-67(72)51-44-37-32-30-35-42-49-62(7)9-2)85-68(73)52-45-38-28-25-22-19-20-23-26-33-40-47-60(3)4/h14-17,60-65,70H,8-13,18-59H2,1-7H3,(H,75,76)(H,77,78)/b15-14-,17-16-/t62?,63-,64+,65+/m0/s1. The van der Waals surface area contributed by atoms with Gasteiger partial charge in [0.15, 0.2) is 12.2 Å².